The Hall–Kier alpha value is -3.14. The molecule has 3 aromatic heterocycles. The van der Waals surface area contributed by atoms with Gasteiger partial charge < -0.3 is 23.7 Å². The summed E-state index contributed by atoms with van der Waals surface area (Å²) in [5.41, 5.74) is 5.19. The second-order valence-corrected chi connectivity index (χ2v) is 10.8. The van der Waals surface area contributed by atoms with Crippen molar-refractivity contribution in [3.63, 3.8) is 0 Å². The first-order valence-corrected chi connectivity index (χ1v) is 13.6. The maximum atomic E-state index is 11.1. The van der Waals surface area contributed by atoms with E-state index >= 15 is 0 Å². The van der Waals surface area contributed by atoms with Crippen LogP contribution >= 0.6 is 22.9 Å². The molecule has 0 spiro atoms. The van der Waals surface area contributed by atoms with Gasteiger partial charge in [0.05, 0.1) is 23.4 Å². The number of nitrogens with zero attached hydrogens (tertiary/aromatic N) is 3. The van der Waals surface area contributed by atoms with Gasteiger partial charge in [-0.2, -0.15) is 0 Å². The van der Waals surface area contributed by atoms with Crippen LogP contribution in [-0.2, 0) is 11.3 Å². The predicted molar refractivity (Wildman–Crippen MR) is 140 cm³/mol. The maximum absolute atomic E-state index is 11.1. The average Bonchev–Trinajstić information content (AvgIpc) is 3.27. The van der Waals surface area contributed by atoms with E-state index in [2.05, 4.69) is 10.1 Å². The largest absolute Gasteiger partial charge is 0.475 e. The lowest BCUT2D eigenvalue weighted by atomic mass is 10.0. The molecule has 4 heterocycles. The Morgan fingerprint density at radius 2 is 2.08 bits per heavy atom. The Morgan fingerprint density at radius 1 is 1.27 bits per heavy atom. The van der Waals surface area contributed by atoms with Crippen molar-refractivity contribution < 1.29 is 23.6 Å². The van der Waals surface area contributed by atoms with Crippen molar-refractivity contribution in [1.82, 2.24) is 10.1 Å². The fraction of sp³-hybridized carbons (Fsp3) is 0.370. The Balaban J connectivity index is 1.11. The number of carboxylic acids is 1. The third-order valence-electron chi connectivity index (χ3n) is 7.00. The Bertz CT molecular complexity index is 1410. The molecule has 4 aromatic rings. The average molecular weight is 540 g/mol. The highest BCUT2D eigenvalue weighted by Crippen LogP contribution is 2.45. The number of carbonyl (C=O) groups is 1. The number of halogens is 1. The third kappa shape index (κ3) is 4.91. The second kappa shape index (κ2) is 9.96. The van der Waals surface area contributed by atoms with Crippen LogP contribution in [0.5, 0.6) is 0 Å². The molecule has 1 aromatic carbocycles. The van der Waals surface area contributed by atoms with Gasteiger partial charge in [-0.25, -0.2) is 9.78 Å². The molecule has 0 amide bonds. The molecule has 0 unspecified atom stereocenters. The summed E-state index contributed by atoms with van der Waals surface area (Å²) in [7, 11) is 0. The van der Waals surface area contributed by atoms with Gasteiger partial charge in [0, 0.05) is 47.1 Å². The SMILES string of the molecule is Cc1cccc(Cl)c1-c1noc(C2CC2)c1COC1CCN(c2nc(-c3coc(C(=O)O)c3)cs2)CC1. The number of aromatic carboxylic acids is 1. The van der Waals surface area contributed by atoms with Crippen LogP contribution in [0.2, 0.25) is 5.02 Å². The van der Waals surface area contributed by atoms with E-state index in [0.29, 0.717) is 23.1 Å². The molecular weight excluding hydrogens is 514 g/mol. The molecule has 37 heavy (non-hydrogen) atoms. The first-order valence-electron chi connectivity index (χ1n) is 12.4. The third-order valence-corrected chi connectivity index (χ3v) is 8.22. The monoisotopic (exact) mass is 539 g/mol. The summed E-state index contributed by atoms with van der Waals surface area (Å²) in [6, 6.07) is 7.37. The van der Waals surface area contributed by atoms with Crippen molar-refractivity contribution >= 4 is 34.0 Å². The zero-order valence-corrected chi connectivity index (χ0v) is 21.8. The van der Waals surface area contributed by atoms with E-state index in [1.165, 1.54) is 12.3 Å². The number of piperidine rings is 1. The number of furan rings is 1. The smallest absolute Gasteiger partial charge is 0.371 e. The van der Waals surface area contributed by atoms with E-state index in [0.717, 1.165) is 77.7 Å². The quantitative estimate of drug-likeness (QED) is 0.261. The zero-order chi connectivity index (χ0) is 25.5. The molecule has 1 N–H and O–H groups in total. The molecule has 2 aliphatic rings. The van der Waals surface area contributed by atoms with Crippen molar-refractivity contribution in [3.05, 3.63) is 63.6 Å². The van der Waals surface area contributed by atoms with Crippen LogP contribution < -0.4 is 4.90 Å². The molecule has 1 saturated carbocycles. The number of benzene rings is 1. The number of ether oxygens (including phenoxy) is 1. The van der Waals surface area contributed by atoms with E-state index in [-0.39, 0.29) is 11.9 Å². The number of anilines is 1. The van der Waals surface area contributed by atoms with Crippen molar-refractivity contribution in [2.24, 2.45) is 0 Å². The summed E-state index contributed by atoms with van der Waals surface area (Å²) in [5.74, 6) is 0.180. The topological polar surface area (TPSA) is 102 Å². The van der Waals surface area contributed by atoms with E-state index in [4.69, 9.17) is 35.4 Å². The lowest BCUT2D eigenvalue weighted by Crippen LogP contribution is -2.37. The van der Waals surface area contributed by atoms with Gasteiger partial charge in [0.1, 0.15) is 17.7 Å². The highest BCUT2D eigenvalue weighted by molar-refractivity contribution is 7.14. The van der Waals surface area contributed by atoms with E-state index in [1.807, 2.05) is 30.5 Å². The summed E-state index contributed by atoms with van der Waals surface area (Å²) >= 11 is 8.10. The van der Waals surface area contributed by atoms with Crippen LogP contribution in [0.25, 0.3) is 22.5 Å². The number of carboxylic acid groups (broad SMARTS) is 1. The zero-order valence-electron chi connectivity index (χ0n) is 20.3. The van der Waals surface area contributed by atoms with E-state index in [9.17, 15) is 4.79 Å². The van der Waals surface area contributed by atoms with Crippen molar-refractivity contribution in [1.29, 1.82) is 0 Å². The molecule has 6 rings (SSSR count). The molecule has 192 valence electrons. The van der Waals surface area contributed by atoms with Crippen molar-refractivity contribution in [2.45, 2.75) is 51.2 Å². The lowest BCUT2D eigenvalue weighted by molar-refractivity contribution is 0.0246. The van der Waals surface area contributed by atoms with Gasteiger partial charge in [-0.05, 0) is 44.2 Å². The standard InChI is InChI=1S/C27H26ClN3O5S/c1-15-3-2-4-20(28)23(15)24-19(25(36-30-24)16-5-6-16)13-34-18-7-9-31(10-8-18)27-29-21(14-37-27)17-11-22(26(32)33)35-12-17/h2-4,11-12,14,16,18H,5-10,13H2,1H3,(H,32,33). The van der Waals surface area contributed by atoms with Crippen LogP contribution in [0.1, 0.15) is 59.0 Å². The number of aryl methyl sites for hydroxylation is 1. The van der Waals surface area contributed by atoms with Gasteiger partial charge in [-0.1, -0.05) is 28.9 Å². The van der Waals surface area contributed by atoms with Crippen molar-refractivity contribution in [3.8, 4) is 22.5 Å². The minimum absolute atomic E-state index is 0.0898. The van der Waals surface area contributed by atoms with E-state index in [1.54, 1.807) is 11.3 Å². The Morgan fingerprint density at radius 3 is 2.78 bits per heavy atom. The highest BCUT2D eigenvalue weighted by atomic mass is 35.5. The number of hydrogen-bond donors (Lipinski definition) is 1. The summed E-state index contributed by atoms with van der Waals surface area (Å²) in [6.07, 6.45) is 5.57. The lowest BCUT2D eigenvalue weighted by Gasteiger charge is -2.31. The maximum Gasteiger partial charge on any atom is 0.371 e. The summed E-state index contributed by atoms with van der Waals surface area (Å²) < 4.78 is 17.3. The summed E-state index contributed by atoms with van der Waals surface area (Å²) in [5, 5.41) is 17.0. The molecule has 0 bridgehead atoms. The number of rotatable bonds is 8. The van der Waals surface area contributed by atoms with Gasteiger partial charge in [-0.15, -0.1) is 11.3 Å². The number of aromatic nitrogens is 2. The molecule has 0 atom stereocenters. The van der Waals surface area contributed by atoms with Gasteiger partial charge in [0.2, 0.25) is 5.76 Å². The second-order valence-electron chi connectivity index (χ2n) is 9.60. The molecule has 8 nitrogen and oxygen atoms in total. The fourth-order valence-electron chi connectivity index (χ4n) is 4.80. The van der Waals surface area contributed by atoms with Gasteiger partial charge in [0.25, 0.3) is 0 Å². The van der Waals surface area contributed by atoms with Crippen LogP contribution in [0, 0.1) is 6.92 Å². The minimum Gasteiger partial charge on any atom is -0.475 e. The van der Waals surface area contributed by atoms with E-state index < -0.39 is 5.97 Å². The molecule has 1 aliphatic heterocycles. The highest BCUT2D eigenvalue weighted by Gasteiger charge is 2.34. The predicted octanol–water partition coefficient (Wildman–Crippen LogP) is 6.78. The number of hydrogen-bond acceptors (Lipinski definition) is 8. The normalized spacial score (nSPS) is 16.4. The van der Waals surface area contributed by atoms with Gasteiger partial charge >= 0.3 is 5.97 Å². The van der Waals surface area contributed by atoms with Crippen LogP contribution in [0.15, 0.2) is 44.8 Å². The Kier molecular flexibility index (Phi) is 6.52. The van der Waals surface area contributed by atoms with Crippen molar-refractivity contribution in [2.75, 3.05) is 18.0 Å². The van der Waals surface area contributed by atoms with Gasteiger partial charge in [0.15, 0.2) is 5.13 Å². The van der Waals surface area contributed by atoms with Crippen LogP contribution in [0.4, 0.5) is 5.13 Å². The first-order chi connectivity index (χ1) is 18.0. The molecule has 0 radical (unpaired) electrons. The molecule has 1 saturated heterocycles. The summed E-state index contributed by atoms with van der Waals surface area (Å²) in [4.78, 5) is 18.0. The van der Waals surface area contributed by atoms with Crippen LogP contribution in [-0.4, -0.2) is 40.4 Å². The molecular formula is C27H26ClN3O5S. The minimum atomic E-state index is -1.09. The number of thiazole rings is 1. The molecule has 2 fully saturated rings. The molecule has 1 aliphatic carbocycles. The summed E-state index contributed by atoms with van der Waals surface area (Å²) in [6.45, 7) is 4.15. The van der Waals surface area contributed by atoms with Crippen LogP contribution in [0.3, 0.4) is 0 Å². The fourth-order valence-corrected chi connectivity index (χ4v) is 6.00. The Labute approximate surface area is 222 Å². The first kappa shape index (κ1) is 24.2. The van der Waals surface area contributed by atoms with Gasteiger partial charge in [-0.3, -0.25) is 0 Å². The molecule has 10 heteroatoms.